The zero-order chi connectivity index (χ0) is 26.5. The number of urea groups is 1. The van der Waals surface area contributed by atoms with Gasteiger partial charge in [0.25, 0.3) is 0 Å². The molecule has 3 aromatic rings. The molecule has 2 fully saturated rings. The Bertz CT molecular complexity index is 1320. The topological polar surface area (TPSA) is 61.9 Å². The predicted octanol–water partition coefficient (Wildman–Crippen LogP) is 6.04. The first kappa shape index (κ1) is 25.8. The average molecular weight is 512 g/mol. The molecule has 38 heavy (non-hydrogen) atoms. The van der Waals surface area contributed by atoms with Gasteiger partial charge in [-0.2, -0.15) is 0 Å². The Hall–Kier alpha value is -3.80. The standard InChI is InChI=1S/C32H37N3O3/c1-3-38-29-14-7-5-10-26(29)15-16-30(36)34-20-17-32(18-21-34)19-22-35(23-32)31(37)33-24(2)27-13-8-11-25-9-4-6-12-28(25)27/h4-16,24H,3,17-23H2,1-2H3,(H,33,37). The number of hydrogen-bond acceptors (Lipinski definition) is 3. The molecule has 0 saturated carbocycles. The van der Waals surface area contributed by atoms with E-state index >= 15 is 0 Å². The lowest BCUT2D eigenvalue weighted by atomic mass is 9.78. The van der Waals surface area contributed by atoms with E-state index < -0.39 is 0 Å². The molecule has 0 radical (unpaired) electrons. The van der Waals surface area contributed by atoms with Crippen LogP contribution >= 0.6 is 0 Å². The number of benzene rings is 3. The Balaban J connectivity index is 1.15. The van der Waals surface area contributed by atoms with Crippen molar-refractivity contribution in [2.75, 3.05) is 32.8 Å². The summed E-state index contributed by atoms with van der Waals surface area (Å²) in [5.41, 5.74) is 2.14. The second kappa shape index (κ2) is 11.3. The maximum atomic E-state index is 13.2. The van der Waals surface area contributed by atoms with Crippen molar-refractivity contribution in [3.63, 3.8) is 0 Å². The minimum absolute atomic E-state index is 0.00304. The van der Waals surface area contributed by atoms with E-state index in [2.05, 4.69) is 36.5 Å². The Morgan fingerprint density at radius 3 is 2.42 bits per heavy atom. The van der Waals surface area contributed by atoms with Gasteiger partial charge in [0.1, 0.15) is 5.75 Å². The summed E-state index contributed by atoms with van der Waals surface area (Å²) in [6, 6.07) is 22.2. The van der Waals surface area contributed by atoms with Crippen LogP contribution in [-0.2, 0) is 4.79 Å². The number of carbonyl (C=O) groups excluding carboxylic acids is 2. The van der Waals surface area contributed by atoms with Crippen LogP contribution in [0.4, 0.5) is 4.79 Å². The third kappa shape index (κ3) is 5.54. The van der Waals surface area contributed by atoms with E-state index in [1.54, 1.807) is 6.08 Å². The van der Waals surface area contributed by atoms with Crippen LogP contribution in [0.5, 0.6) is 5.75 Å². The lowest BCUT2D eigenvalue weighted by Gasteiger charge is -2.39. The molecular weight excluding hydrogens is 474 g/mol. The van der Waals surface area contributed by atoms with E-state index in [4.69, 9.17) is 4.74 Å². The number of fused-ring (bicyclic) bond motifs is 1. The van der Waals surface area contributed by atoms with E-state index in [1.807, 2.05) is 65.3 Å². The molecule has 6 nitrogen and oxygen atoms in total. The number of piperidine rings is 1. The third-order valence-corrected chi connectivity index (χ3v) is 8.12. The number of nitrogens with zero attached hydrogens (tertiary/aromatic N) is 2. The number of ether oxygens (including phenoxy) is 1. The highest BCUT2D eigenvalue weighted by Crippen LogP contribution is 2.40. The molecule has 2 saturated heterocycles. The highest BCUT2D eigenvalue weighted by Gasteiger charge is 2.42. The van der Waals surface area contributed by atoms with Crippen molar-refractivity contribution >= 4 is 28.8 Å². The van der Waals surface area contributed by atoms with Crippen LogP contribution in [0.25, 0.3) is 16.8 Å². The van der Waals surface area contributed by atoms with E-state index in [0.29, 0.717) is 6.61 Å². The fourth-order valence-electron chi connectivity index (χ4n) is 5.87. The molecule has 2 aliphatic heterocycles. The van der Waals surface area contributed by atoms with Gasteiger partial charge in [-0.3, -0.25) is 4.79 Å². The molecule has 0 aromatic heterocycles. The van der Waals surface area contributed by atoms with Gasteiger partial charge in [0, 0.05) is 37.8 Å². The molecule has 198 valence electrons. The third-order valence-electron chi connectivity index (χ3n) is 8.12. The molecule has 3 aromatic carbocycles. The SMILES string of the molecule is CCOc1ccccc1C=CC(=O)N1CCC2(CC1)CCN(C(=O)NC(C)c1cccc3ccccc13)C2. The molecule has 3 amide bonds. The van der Waals surface area contributed by atoms with Crippen molar-refractivity contribution in [2.45, 2.75) is 39.2 Å². The van der Waals surface area contributed by atoms with Gasteiger partial charge in [-0.1, -0.05) is 60.7 Å². The lowest BCUT2D eigenvalue weighted by molar-refractivity contribution is -0.128. The molecule has 2 aliphatic rings. The van der Waals surface area contributed by atoms with Crippen LogP contribution < -0.4 is 10.1 Å². The summed E-state index contributed by atoms with van der Waals surface area (Å²) in [6.07, 6.45) is 6.33. The predicted molar refractivity (Wildman–Crippen MR) is 152 cm³/mol. The second-order valence-electron chi connectivity index (χ2n) is 10.5. The number of hydrogen-bond donors (Lipinski definition) is 1. The minimum atomic E-state index is -0.0794. The van der Waals surface area contributed by atoms with Crippen LogP contribution in [0.3, 0.4) is 0 Å². The molecule has 1 spiro atoms. The van der Waals surface area contributed by atoms with Crippen molar-refractivity contribution in [1.82, 2.24) is 15.1 Å². The molecule has 1 unspecified atom stereocenters. The largest absolute Gasteiger partial charge is 0.493 e. The zero-order valence-corrected chi connectivity index (χ0v) is 22.4. The van der Waals surface area contributed by atoms with E-state index in [9.17, 15) is 9.59 Å². The Labute approximate surface area is 225 Å². The van der Waals surface area contributed by atoms with E-state index in [1.165, 1.54) is 10.8 Å². The van der Waals surface area contributed by atoms with Crippen LogP contribution in [0.1, 0.15) is 50.3 Å². The van der Waals surface area contributed by atoms with Crippen molar-refractivity contribution in [3.8, 4) is 5.75 Å². The first-order chi connectivity index (χ1) is 18.5. The molecule has 2 heterocycles. The van der Waals surface area contributed by atoms with Gasteiger partial charge < -0.3 is 19.9 Å². The van der Waals surface area contributed by atoms with Gasteiger partial charge >= 0.3 is 6.03 Å². The quantitative estimate of drug-likeness (QED) is 0.411. The smallest absolute Gasteiger partial charge is 0.317 e. The van der Waals surface area contributed by atoms with Crippen molar-refractivity contribution in [3.05, 3.63) is 83.9 Å². The van der Waals surface area contributed by atoms with Crippen LogP contribution in [0.2, 0.25) is 0 Å². The summed E-state index contributed by atoms with van der Waals surface area (Å²) in [6.45, 7) is 7.54. The van der Waals surface area contributed by atoms with Gasteiger partial charge in [0.2, 0.25) is 5.91 Å². The number of amides is 3. The van der Waals surface area contributed by atoms with E-state index in [-0.39, 0.29) is 23.4 Å². The van der Waals surface area contributed by atoms with Gasteiger partial charge in [-0.05, 0) is 67.0 Å². The first-order valence-electron chi connectivity index (χ1n) is 13.7. The summed E-state index contributed by atoms with van der Waals surface area (Å²) in [5.74, 6) is 0.818. The highest BCUT2D eigenvalue weighted by atomic mass is 16.5. The fourth-order valence-corrected chi connectivity index (χ4v) is 5.87. The highest BCUT2D eigenvalue weighted by molar-refractivity contribution is 5.92. The fraction of sp³-hybridized carbons (Fsp3) is 0.375. The lowest BCUT2D eigenvalue weighted by Crippen LogP contribution is -2.45. The molecular formula is C32H37N3O3. The number of nitrogens with one attached hydrogen (secondary N) is 1. The normalized spacial score (nSPS) is 17.7. The number of rotatable bonds is 6. The monoisotopic (exact) mass is 511 g/mol. The molecule has 0 aliphatic carbocycles. The summed E-state index contributed by atoms with van der Waals surface area (Å²) in [4.78, 5) is 30.0. The number of carbonyl (C=O) groups is 2. The van der Waals surface area contributed by atoms with Crippen LogP contribution in [0, 0.1) is 5.41 Å². The summed E-state index contributed by atoms with van der Waals surface area (Å²) in [7, 11) is 0. The second-order valence-corrected chi connectivity index (χ2v) is 10.5. The van der Waals surface area contributed by atoms with Gasteiger partial charge in [0.15, 0.2) is 0 Å². The van der Waals surface area contributed by atoms with Gasteiger partial charge in [-0.15, -0.1) is 0 Å². The summed E-state index contributed by atoms with van der Waals surface area (Å²) < 4.78 is 5.66. The molecule has 1 N–H and O–H groups in total. The Morgan fingerprint density at radius 2 is 1.63 bits per heavy atom. The molecule has 5 rings (SSSR count). The molecule has 0 bridgehead atoms. The van der Waals surface area contributed by atoms with Gasteiger partial charge in [0.05, 0.1) is 12.6 Å². The number of para-hydroxylation sites is 1. The van der Waals surface area contributed by atoms with E-state index in [0.717, 1.165) is 62.3 Å². The first-order valence-corrected chi connectivity index (χ1v) is 13.7. The molecule has 6 heteroatoms. The molecule has 1 atom stereocenters. The Kier molecular flexibility index (Phi) is 7.68. The summed E-state index contributed by atoms with van der Waals surface area (Å²) in [5, 5.41) is 5.58. The zero-order valence-electron chi connectivity index (χ0n) is 22.4. The van der Waals surface area contributed by atoms with Gasteiger partial charge in [-0.25, -0.2) is 4.79 Å². The maximum Gasteiger partial charge on any atom is 0.317 e. The number of likely N-dealkylation sites (tertiary alicyclic amines) is 2. The van der Waals surface area contributed by atoms with Crippen LogP contribution in [0.15, 0.2) is 72.8 Å². The van der Waals surface area contributed by atoms with Crippen molar-refractivity contribution in [1.29, 1.82) is 0 Å². The van der Waals surface area contributed by atoms with Crippen molar-refractivity contribution < 1.29 is 14.3 Å². The average Bonchev–Trinajstić information content (AvgIpc) is 3.36. The maximum absolute atomic E-state index is 13.2. The van der Waals surface area contributed by atoms with Crippen molar-refractivity contribution in [2.24, 2.45) is 5.41 Å². The van der Waals surface area contributed by atoms with Crippen LogP contribution in [-0.4, -0.2) is 54.5 Å². The Morgan fingerprint density at radius 1 is 0.947 bits per heavy atom. The summed E-state index contributed by atoms with van der Waals surface area (Å²) >= 11 is 0. The minimum Gasteiger partial charge on any atom is -0.493 e.